The van der Waals surface area contributed by atoms with E-state index in [2.05, 4.69) is 20.1 Å². The summed E-state index contributed by atoms with van der Waals surface area (Å²) in [6, 6.07) is 5.02. The summed E-state index contributed by atoms with van der Waals surface area (Å²) in [5.41, 5.74) is 1.21. The van der Waals surface area contributed by atoms with Gasteiger partial charge in [-0.25, -0.2) is 4.39 Å². The van der Waals surface area contributed by atoms with Crippen LogP contribution in [-0.2, 0) is 4.79 Å². The van der Waals surface area contributed by atoms with Crippen molar-refractivity contribution in [3.05, 3.63) is 35.6 Å². The maximum absolute atomic E-state index is 14.7. The number of nitrogens with zero attached hydrogens (tertiary/aromatic N) is 6. The Morgan fingerprint density at radius 2 is 2.00 bits per heavy atom. The molecule has 2 aromatic heterocycles. The van der Waals surface area contributed by atoms with E-state index in [1.165, 1.54) is 10.7 Å². The first-order chi connectivity index (χ1) is 16.4. The van der Waals surface area contributed by atoms with Crippen molar-refractivity contribution in [2.45, 2.75) is 58.3 Å². The number of rotatable bonds is 6. The number of fused-ring (bicyclic) bond motifs is 1. The zero-order valence-electron chi connectivity index (χ0n) is 20.2. The second kappa shape index (κ2) is 9.44. The lowest BCUT2D eigenvalue weighted by Gasteiger charge is -2.32. The lowest BCUT2D eigenvalue weighted by molar-refractivity contribution is -0.129. The Morgan fingerprint density at radius 1 is 1.21 bits per heavy atom. The molecule has 0 N–H and O–H groups in total. The van der Waals surface area contributed by atoms with Gasteiger partial charge in [-0.15, -0.1) is 0 Å². The Bertz CT molecular complexity index is 1160. The number of aromatic nitrogens is 4. The van der Waals surface area contributed by atoms with Crippen molar-refractivity contribution in [3.8, 4) is 5.95 Å². The van der Waals surface area contributed by atoms with Crippen molar-refractivity contribution < 1.29 is 13.7 Å². The van der Waals surface area contributed by atoms with Gasteiger partial charge in [0.2, 0.25) is 11.8 Å². The minimum Gasteiger partial charge on any atom is -0.342 e. The monoisotopic (exact) mass is 468 g/mol. The average Bonchev–Trinajstić information content (AvgIpc) is 3.58. The number of carbonyl (C=O) groups is 1. The molecule has 1 aromatic carbocycles. The number of likely N-dealkylation sites (tertiary alicyclic amines) is 2. The minimum absolute atomic E-state index is 0.147. The molecule has 4 heterocycles. The van der Waals surface area contributed by atoms with E-state index in [1.54, 1.807) is 6.07 Å². The van der Waals surface area contributed by atoms with Crippen LogP contribution in [0.4, 0.5) is 4.39 Å². The quantitative estimate of drug-likeness (QED) is 0.542. The Labute approximate surface area is 199 Å². The summed E-state index contributed by atoms with van der Waals surface area (Å²) in [6.45, 7) is 10.7. The van der Waals surface area contributed by atoms with Crippen molar-refractivity contribution in [2.75, 3.05) is 32.7 Å². The highest BCUT2D eigenvalue weighted by Crippen LogP contribution is 2.31. The molecule has 0 unspecified atom stereocenters. The Morgan fingerprint density at radius 3 is 2.74 bits per heavy atom. The SMILES string of the molecule is CCC(=O)N1CC[C@H](CN2CCC(c3nc(-n4nc(C(C)C)c5cccc(F)c54)no3)CC2)C1. The molecule has 1 atom stereocenters. The van der Waals surface area contributed by atoms with Crippen LogP contribution in [0.3, 0.4) is 0 Å². The van der Waals surface area contributed by atoms with Crippen molar-refractivity contribution in [1.82, 2.24) is 29.7 Å². The molecule has 8 nitrogen and oxygen atoms in total. The molecule has 0 aliphatic carbocycles. The van der Waals surface area contributed by atoms with Crippen LogP contribution in [0.25, 0.3) is 16.9 Å². The summed E-state index contributed by atoms with van der Waals surface area (Å²) in [5.74, 6) is 1.69. The standard InChI is InChI=1S/C25H33FN6O2/c1-4-21(33)31-13-8-17(15-31)14-30-11-9-18(10-12-30)24-27-25(29-34-24)32-23-19(6-5-7-20(23)26)22(28-32)16(2)3/h5-7,16-18H,4,8-15H2,1-3H3/t17-/m1/s1. The van der Waals surface area contributed by atoms with Crippen LogP contribution in [0, 0.1) is 11.7 Å². The summed E-state index contributed by atoms with van der Waals surface area (Å²) < 4.78 is 21.8. The number of piperidine rings is 1. The molecule has 2 aliphatic rings. The number of hydrogen-bond donors (Lipinski definition) is 0. The average molecular weight is 469 g/mol. The van der Waals surface area contributed by atoms with Gasteiger partial charge in [-0.2, -0.15) is 14.8 Å². The van der Waals surface area contributed by atoms with E-state index in [4.69, 9.17) is 4.52 Å². The first-order valence-corrected chi connectivity index (χ1v) is 12.5. The van der Waals surface area contributed by atoms with Crippen LogP contribution in [-0.4, -0.2) is 68.4 Å². The van der Waals surface area contributed by atoms with Crippen molar-refractivity contribution in [1.29, 1.82) is 0 Å². The van der Waals surface area contributed by atoms with E-state index in [-0.39, 0.29) is 29.5 Å². The van der Waals surface area contributed by atoms with E-state index in [9.17, 15) is 9.18 Å². The van der Waals surface area contributed by atoms with E-state index in [0.29, 0.717) is 23.7 Å². The van der Waals surface area contributed by atoms with Gasteiger partial charge in [0.25, 0.3) is 5.95 Å². The second-order valence-electron chi connectivity index (χ2n) is 9.94. The summed E-state index contributed by atoms with van der Waals surface area (Å²) in [7, 11) is 0. The van der Waals surface area contributed by atoms with Crippen molar-refractivity contribution in [2.24, 2.45) is 5.92 Å². The molecular formula is C25H33FN6O2. The second-order valence-corrected chi connectivity index (χ2v) is 9.94. The zero-order chi connectivity index (χ0) is 23.8. The molecule has 5 rings (SSSR count). The number of benzene rings is 1. The fourth-order valence-corrected chi connectivity index (χ4v) is 5.36. The van der Waals surface area contributed by atoms with E-state index >= 15 is 0 Å². The van der Waals surface area contributed by atoms with Crippen molar-refractivity contribution in [3.63, 3.8) is 0 Å². The third-order valence-corrected chi connectivity index (χ3v) is 7.24. The van der Waals surface area contributed by atoms with E-state index in [0.717, 1.165) is 63.1 Å². The highest BCUT2D eigenvalue weighted by Gasteiger charge is 2.31. The number of carbonyl (C=O) groups excluding carboxylic acids is 1. The molecule has 0 saturated carbocycles. The van der Waals surface area contributed by atoms with Gasteiger partial charge in [0.15, 0.2) is 0 Å². The molecule has 0 radical (unpaired) electrons. The molecular weight excluding hydrogens is 435 g/mol. The molecule has 182 valence electrons. The van der Waals surface area contributed by atoms with Gasteiger partial charge < -0.3 is 14.3 Å². The molecule has 2 fully saturated rings. The Hall–Kier alpha value is -2.81. The van der Waals surface area contributed by atoms with Gasteiger partial charge in [0.1, 0.15) is 11.3 Å². The molecule has 0 spiro atoms. The van der Waals surface area contributed by atoms with Crippen LogP contribution >= 0.6 is 0 Å². The van der Waals surface area contributed by atoms with Crippen LogP contribution in [0.15, 0.2) is 22.7 Å². The third kappa shape index (κ3) is 4.33. The van der Waals surface area contributed by atoms with Gasteiger partial charge in [0, 0.05) is 37.4 Å². The van der Waals surface area contributed by atoms with E-state index in [1.807, 2.05) is 31.7 Å². The van der Waals surface area contributed by atoms with E-state index < -0.39 is 0 Å². The predicted octanol–water partition coefficient (Wildman–Crippen LogP) is 4.11. The molecule has 9 heteroatoms. The fraction of sp³-hybridized carbons (Fsp3) is 0.600. The summed E-state index contributed by atoms with van der Waals surface area (Å²) in [6.07, 6.45) is 3.56. The smallest absolute Gasteiger partial charge is 0.291 e. The molecule has 0 bridgehead atoms. The van der Waals surface area contributed by atoms with Gasteiger partial charge in [-0.05, 0) is 55.4 Å². The summed E-state index contributed by atoms with van der Waals surface area (Å²) in [4.78, 5) is 21.1. The van der Waals surface area contributed by atoms with Crippen LogP contribution in [0.5, 0.6) is 0 Å². The van der Waals surface area contributed by atoms with Crippen LogP contribution in [0.1, 0.15) is 69.9 Å². The largest absolute Gasteiger partial charge is 0.342 e. The lowest BCUT2D eigenvalue weighted by atomic mass is 9.95. The van der Waals surface area contributed by atoms with Gasteiger partial charge in [-0.1, -0.05) is 32.9 Å². The maximum Gasteiger partial charge on any atom is 0.291 e. The highest BCUT2D eigenvalue weighted by atomic mass is 19.1. The van der Waals surface area contributed by atoms with Crippen LogP contribution < -0.4 is 0 Å². The van der Waals surface area contributed by atoms with Gasteiger partial charge >= 0.3 is 0 Å². The molecule has 3 aromatic rings. The molecule has 2 saturated heterocycles. The summed E-state index contributed by atoms with van der Waals surface area (Å²) in [5, 5.41) is 9.56. The number of hydrogen-bond acceptors (Lipinski definition) is 6. The van der Waals surface area contributed by atoms with Gasteiger partial charge in [0.05, 0.1) is 5.69 Å². The molecule has 2 aliphatic heterocycles. The minimum atomic E-state index is -0.345. The lowest BCUT2D eigenvalue weighted by Crippen LogP contribution is -2.37. The molecule has 34 heavy (non-hydrogen) atoms. The maximum atomic E-state index is 14.7. The number of amides is 1. The normalized spacial score (nSPS) is 20.1. The van der Waals surface area contributed by atoms with Gasteiger partial charge in [-0.3, -0.25) is 4.79 Å². The molecule has 1 amide bonds. The topological polar surface area (TPSA) is 80.3 Å². The fourth-order valence-electron chi connectivity index (χ4n) is 5.36. The first-order valence-electron chi connectivity index (χ1n) is 12.5. The van der Waals surface area contributed by atoms with Crippen molar-refractivity contribution >= 4 is 16.8 Å². The zero-order valence-corrected chi connectivity index (χ0v) is 20.2. The van der Waals surface area contributed by atoms with Crippen LogP contribution in [0.2, 0.25) is 0 Å². The third-order valence-electron chi connectivity index (χ3n) is 7.24. The number of para-hydroxylation sites is 1. The Kier molecular flexibility index (Phi) is 6.38. The number of halogens is 1. The predicted molar refractivity (Wildman–Crippen MR) is 126 cm³/mol. The summed E-state index contributed by atoms with van der Waals surface area (Å²) >= 11 is 0. The Balaban J connectivity index is 1.24. The first kappa shape index (κ1) is 23.0. The highest BCUT2D eigenvalue weighted by molar-refractivity contribution is 5.84.